The van der Waals surface area contributed by atoms with Crippen LogP contribution in [0.1, 0.15) is 46.5 Å². The van der Waals surface area contributed by atoms with Crippen molar-refractivity contribution in [1.82, 2.24) is 16.0 Å². The molecular weight excluding hydrogens is 480 g/mol. The Morgan fingerprint density at radius 3 is 2.33 bits per heavy atom. The second kappa shape index (κ2) is 15.7. The molecule has 8 atom stereocenters. The summed E-state index contributed by atoms with van der Waals surface area (Å²) in [6.45, 7) is 4.41. The Labute approximate surface area is 209 Å². The standard InChI is InChI=1S/C22H40N4O10/c1-4-5-8-24-16(28)7-6-14(21(32)33)26-19(30)11(2)25-20(31)12(3)35-18-13(9-23)22(34)36-15(10-27)17(18)29/h11-15,17-18,22,27,29,34H,4-10,23H2,1-3H3,(H,24,28)(H,25,31)(H,26,30)(H,32,33)/t11-,12+,13-,14+,15?,17?,18+,22?/m0/s1. The van der Waals surface area contributed by atoms with Crippen LogP contribution >= 0.6 is 0 Å². The van der Waals surface area contributed by atoms with Crippen molar-refractivity contribution in [3.8, 4) is 0 Å². The number of hydrogen-bond donors (Lipinski definition) is 8. The molecule has 0 aliphatic carbocycles. The van der Waals surface area contributed by atoms with Crippen LogP contribution in [0.2, 0.25) is 0 Å². The average molecular weight is 521 g/mol. The smallest absolute Gasteiger partial charge is 0.326 e. The molecule has 0 bridgehead atoms. The lowest BCUT2D eigenvalue weighted by atomic mass is 9.90. The van der Waals surface area contributed by atoms with Crippen molar-refractivity contribution in [1.29, 1.82) is 0 Å². The van der Waals surface area contributed by atoms with E-state index >= 15 is 0 Å². The molecule has 1 rings (SSSR count). The summed E-state index contributed by atoms with van der Waals surface area (Å²) in [4.78, 5) is 48.4. The number of carbonyl (C=O) groups excluding carboxylic acids is 3. The molecule has 0 aromatic heterocycles. The van der Waals surface area contributed by atoms with Gasteiger partial charge in [0.2, 0.25) is 17.7 Å². The van der Waals surface area contributed by atoms with E-state index in [4.69, 9.17) is 15.2 Å². The highest BCUT2D eigenvalue weighted by molar-refractivity contribution is 5.91. The van der Waals surface area contributed by atoms with E-state index in [2.05, 4.69) is 16.0 Å². The lowest BCUT2D eigenvalue weighted by Crippen LogP contribution is -2.60. The van der Waals surface area contributed by atoms with Crippen LogP contribution in [0.4, 0.5) is 0 Å². The number of carboxylic acid groups (broad SMARTS) is 1. The van der Waals surface area contributed by atoms with Gasteiger partial charge in [0.05, 0.1) is 18.6 Å². The van der Waals surface area contributed by atoms with Gasteiger partial charge >= 0.3 is 5.97 Å². The largest absolute Gasteiger partial charge is 0.480 e. The first-order valence-electron chi connectivity index (χ1n) is 12.0. The number of ether oxygens (including phenoxy) is 2. The number of aliphatic hydroxyl groups is 3. The van der Waals surface area contributed by atoms with Gasteiger partial charge in [-0.3, -0.25) is 14.4 Å². The molecule has 3 amide bonds. The Balaban J connectivity index is 2.65. The quantitative estimate of drug-likeness (QED) is 0.103. The number of nitrogens with two attached hydrogens (primary N) is 1. The third kappa shape index (κ3) is 9.59. The maximum Gasteiger partial charge on any atom is 0.326 e. The number of hydrogen-bond acceptors (Lipinski definition) is 10. The molecule has 0 radical (unpaired) electrons. The van der Waals surface area contributed by atoms with E-state index in [0.717, 1.165) is 12.8 Å². The molecule has 0 aromatic rings. The molecule has 1 saturated heterocycles. The molecule has 14 nitrogen and oxygen atoms in total. The summed E-state index contributed by atoms with van der Waals surface area (Å²) in [5.41, 5.74) is 5.63. The minimum atomic E-state index is -1.43. The number of carboxylic acids is 1. The summed E-state index contributed by atoms with van der Waals surface area (Å²) in [5, 5.41) is 46.5. The Morgan fingerprint density at radius 1 is 1.11 bits per heavy atom. The Morgan fingerprint density at radius 2 is 1.78 bits per heavy atom. The van der Waals surface area contributed by atoms with Gasteiger partial charge < -0.3 is 51.6 Å². The van der Waals surface area contributed by atoms with Crippen LogP contribution in [-0.2, 0) is 28.7 Å². The van der Waals surface area contributed by atoms with Crippen molar-refractivity contribution < 1.29 is 49.1 Å². The van der Waals surface area contributed by atoms with Crippen molar-refractivity contribution in [3.63, 3.8) is 0 Å². The van der Waals surface area contributed by atoms with Gasteiger partial charge in [0.15, 0.2) is 6.29 Å². The van der Waals surface area contributed by atoms with Crippen LogP contribution in [0, 0.1) is 5.92 Å². The Hall–Kier alpha value is -2.36. The summed E-state index contributed by atoms with van der Waals surface area (Å²) in [6, 6.07) is -2.48. The van der Waals surface area contributed by atoms with Gasteiger partial charge in [0.1, 0.15) is 30.4 Å². The highest BCUT2D eigenvalue weighted by Crippen LogP contribution is 2.27. The van der Waals surface area contributed by atoms with E-state index in [1.54, 1.807) is 0 Å². The maximum absolute atomic E-state index is 12.6. The molecule has 14 heteroatoms. The van der Waals surface area contributed by atoms with E-state index < -0.39 is 73.1 Å². The molecule has 36 heavy (non-hydrogen) atoms. The van der Waals surface area contributed by atoms with Gasteiger partial charge in [-0.05, 0) is 26.7 Å². The van der Waals surface area contributed by atoms with E-state index in [9.17, 15) is 39.6 Å². The minimum absolute atomic E-state index is 0.0942. The maximum atomic E-state index is 12.6. The molecule has 3 unspecified atom stereocenters. The van der Waals surface area contributed by atoms with Gasteiger partial charge in [-0.25, -0.2) is 4.79 Å². The second-order valence-corrected chi connectivity index (χ2v) is 8.75. The highest BCUT2D eigenvalue weighted by atomic mass is 16.6. The zero-order chi connectivity index (χ0) is 27.4. The molecule has 0 spiro atoms. The summed E-state index contributed by atoms with van der Waals surface area (Å²) in [7, 11) is 0. The molecule has 1 heterocycles. The first-order chi connectivity index (χ1) is 17.0. The zero-order valence-electron chi connectivity index (χ0n) is 20.9. The normalized spacial score (nSPS) is 26.4. The monoisotopic (exact) mass is 520 g/mol. The average Bonchev–Trinajstić information content (AvgIpc) is 2.83. The number of aliphatic hydroxyl groups excluding tert-OH is 3. The fourth-order valence-corrected chi connectivity index (χ4v) is 3.59. The molecule has 1 aliphatic rings. The summed E-state index contributed by atoms with van der Waals surface area (Å²) in [6.07, 6.45) is -4.82. The summed E-state index contributed by atoms with van der Waals surface area (Å²) in [5.74, 6) is -4.05. The Kier molecular flexibility index (Phi) is 13.8. The lowest BCUT2D eigenvalue weighted by molar-refractivity contribution is -0.280. The first-order valence-corrected chi connectivity index (χ1v) is 12.0. The van der Waals surface area contributed by atoms with Crippen molar-refractivity contribution in [2.24, 2.45) is 11.7 Å². The molecule has 9 N–H and O–H groups in total. The van der Waals surface area contributed by atoms with Crippen LogP contribution in [0.25, 0.3) is 0 Å². The van der Waals surface area contributed by atoms with Crippen LogP contribution in [0.15, 0.2) is 0 Å². The summed E-state index contributed by atoms with van der Waals surface area (Å²) < 4.78 is 10.7. The molecular formula is C22H40N4O10. The van der Waals surface area contributed by atoms with E-state index in [-0.39, 0.29) is 25.3 Å². The predicted molar refractivity (Wildman–Crippen MR) is 125 cm³/mol. The fourth-order valence-electron chi connectivity index (χ4n) is 3.59. The number of nitrogens with one attached hydrogen (secondary N) is 3. The number of unbranched alkanes of at least 4 members (excludes halogenated alkanes) is 1. The lowest BCUT2D eigenvalue weighted by Gasteiger charge is -2.42. The van der Waals surface area contributed by atoms with E-state index in [0.29, 0.717) is 6.54 Å². The number of rotatable bonds is 15. The third-order valence-electron chi connectivity index (χ3n) is 5.88. The van der Waals surface area contributed by atoms with Gasteiger partial charge in [-0.2, -0.15) is 0 Å². The van der Waals surface area contributed by atoms with Crippen molar-refractivity contribution >= 4 is 23.7 Å². The van der Waals surface area contributed by atoms with Gasteiger partial charge in [-0.15, -0.1) is 0 Å². The SMILES string of the molecule is CCCCNC(=O)CC[C@@H](NC(=O)[C@H](C)NC(=O)[C@@H](C)O[C@H]1C(O)C(CO)OC(O)[C@H]1CN)C(=O)O. The molecule has 208 valence electrons. The topological polar surface area (TPSA) is 230 Å². The number of amides is 3. The third-order valence-corrected chi connectivity index (χ3v) is 5.88. The van der Waals surface area contributed by atoms with E-state index in [1.807, 2.05) is 6.92 Å². The van der Waals surface area contributed by atoms with Crippen molar-refractivity contribution in [2.45, 2.75) is 89.2 Å². The zero-order valence-corrected chi connectivity index (χ0v) is 20.9. The van der Waals surface area contributed by atoms with Gasteiger partial charge in [0.25, 0.3) is 0 Å². The van der Waals surface area contributed by atoms with Crippen molar-refractivity contribution in [2.75, 3.05) is 19.7 Å². The fraction of sp³-hybridized carbons (Fsp3) is 0.818. The Bertz CT molecular complexity index is 740. The molecule has 0 saturated carbocycles. The first kappa shape index (κ1) is 31.7. The molecule has 1 fully saturated rings. The summed E-state index contributed by atoms with van der Waals surface area (Å²) >= 11 is 0. The van der Waals surface area contributed by atoms with Crippen LogP contribution < -0.4 is 21.7 Å². The molecule has 0 aromatic carbocycles. The van der Waals surface area contributed by atoms with Crippen LogP contribution in [-0.4, -0.2) is 107 Å². The van der Waals surface area contributed by atoms with Gasteiger partial charge in [-0.1, -0.05) is 13.3 Å². The second-order valence-electron chi connectivity index (χ2n) is 8.75. The van der Waals surface area contributed by atoms with Crippen molar-refractivity contribution in [3.05, 3.63) is 0 Å². The predicted octanol–water partition coefficient (Wildman–Crippen LogP) is -2.82. The van der Waals surface area contributed by atoms with Crippen LogP contribution in [0.5, 0.6) is 0 Å². The van der Waals surface area contributed by atoms with Gasteiger partial charge in [0, 0.05) is 19.5 Å². The van der Waals surface area contributed by atoms with E-state index in [1.165, 1.54) is 13.8 Å². The minimum Gasteiger partial charge on any atom is -0.480 e. The highest BCUT2D eigenvalue weighted by Gasteiger charge is 2.45. The van der Waals surface area contributed by atoms with Crippen LogP contribution in [0.3, 0.4) is 0 Å². The molecule has 1 aliphatic heterocycles. The number of aliphatic carboxylic acids is 1. The number of carbonyl (C=O) groups is 4.